The van der Waals surface area contributed by atoms with Crippen LogP contribution in [0.25, 0.3) is 0 Å². The van der Waals surface area contributed by atoms with Crippen LogP contribution < -0.4 is 10.1 Å². The van der Waals surface area contributed by atoms with Crippen molar-refractivity contribution in [3.05, 3.63) is 23.8 Å². The van der Waals surface area contributed by atoms with Crippen molar-refractivity contribution < 1.29 is 9.53 Å². The van der Waals surface area contributed by atoms with Crippen LogP contribution in [0.5, 0.6) is 5.75 Å². The predicted molar refractivity (Wildman–Crippen MR) is 59.1 cm³/mol. The first-order valence-corrected chi connectivity index (χ1v) is 5.18. The van der Waals surface area contributed by atoms with E-state index in [4.69, 9.17) is 4.74 Å². The molecule has 3 heteroatoms. The van der Waals surface area contributed by atoms with Crippen molar-refractivity contribution in [3.8, 4) is 5.75 Å². The van der Waals surface area contributed by atoms with Gasteiger partial charge in [0.1, 0.15) is 5.75 Å². The molecule has 1 aromatic carbocycles. The Morgan fingerprint density at radius 1 is 1.47 bits per heavy atom. The highest BCUT2D eigenvalue weighted by Gasteiger charge is 2.19. The molecule has 1 aliphatic heterocycles. The zero-order chi connectivity index (χ0) is 10.8. The van der Waals surface area contributed by atoms with Crippen molar-refractivity contribution in [3.63, 3.8) is 0 Å². The van der Waals surface area contributed by atoms with Gasteiger partial charge in [0.25, 0.3) is 0 Å². The predicted octanol–water partition coefficient (Wildman–Crippen LogP) is 2.22. The van der Waals surface area contributed by atoms with Crippen LogP contribution in [0.3, 0.4) is 0 Å². The maximum absolute atomic E-state index is 11.6. The fraction of sp³-hybridized carbons (Fsp3) is 0.417. The van der Waals surface area contributed by atoms with E-state index in [-0.39, 0.29) is 11.8 Å². The number of anilines is 1. The number of ether oxygens (including phenoxy) is 1. The molecule has 3 nitrogen and oxygen atoms in total. The monoisotopic (exact) mass is 205 g/mol. The van der Waals surface area contributed by atoms with Gasteiger partial charge in [-0.2, -0.15) is 0 Å². The molecule has 0 saturated carbocycles. The summed E-state index contributed by atoms with van der Waals surface area (Å²) < 4.78 is 5.16. The van der Waals surface area contributed by atoms with Gasteiger partial charge < -0.3 is 10.1 Å². The smallest absolute Gasteiger partial charge is 0.227 e. The minimum absolute atomic E-state index is 0.0865. The second-order valence-corrected chi connectivity index (χ2v) is 3.95. The first-order chi connectivity index (χ1) is 7.20. The molecule has 1 aromatic rings. The van der Waals surface area contributed by atoms with Crippen LogP contribution in [-0.2, 0) is 11.2 Å². The van der Waals surface area contributed by atoms with Crippen molar-refractivity contribution in [2.75, 3.05) is 12.4 Å². The Hall–Kier alpha value is -1.51. The number of rotatable bonds is 1. The zero-order valence-electron chi connectivity index (χ0n) is 9.04. The highest BCUT2D eigenvalue weighted by molar-refractivity contribution is 5.93. The number of hydrogen-bond donors (Lipinski definition) is 1. The van der Waals surface area contributed by atoms with E-state index < -0.39 is 0 Å². The Kier molecular flexibility index (Phi) is 2.62. The lowest BCUT2D eigenvalue weighted by atomic mass is 10.0. The highest BCUT2D eigenvalue weighted by Crippen LogP contribution is 2.27. The summed E-state index contributed by atoms with van der Waals surface area (Å²) in [5.74, 6) is 1.04. The van der Waals surface area contributed by atoms with Crippen LogP contribution >= 0.6 is 0 Å². The molecule has 1 N–H and O–H groups in total. The van der Waals surface area contributed by atoms with E-state index in [9.17, 15) is 4.79 Å². The standard InChI is InChI=1S/C12H15NO2/c1-8-3-4-9-7-10(15-2)5-6-11(9)13-12(8)14/h5-8H,3-4H2,1-2H3,(H,13,14). The number of aryl methyl sites for hydroxylation is 1. The van der Waals surface area contributed by atoms with Gasteiger partial charge in [0, 0.05) is 11.6 Å². The Morgan fingerprint density at radius 2 is 2.27 bits per heavy atom. The van der Waals surface area contributed by atoms with Crippen molar-refractivity contribution in [1.82, 2.24) is 0 Å². The van der Waals surface area contributed by atoms with Crippen LogP contribution in [0.15, 0.2) is 18.2 Å². The summed E-state index contributed by atoms with van der Waals surface area (Å²) in [6.45, 7) is 1.96. The fourth-order valence-corrected chi connectivity index (χ4v) is 1.78. The summed E-state index contributed by atoms with van der Waals surface area (Å²) in [5.41, 5.74) is 2.08. The lowest BCUT2D eigenvalue weighted by Crippen LogP contribution is -2.18. The second-order valence-electron chi connectivity index (χ2n) is 3.95. The van der Waals surface area contributed by atoms with Crippen LogP contribution in [-0.4, -0.2) is 13.0 Å². The first-order valence-electron chi connectivity index (χ1n) is 5.18. The van der Waals surface area contributed by atoms with Gasteiger partial charge >= 0.3 is 0 Å². The first kappa shape index (κ1) is 10.0. The number of benzene rings is 1. The SMILES string of the molecule is COc1ccc2c(c1)CCC(C)C(=O)N2. The number of carbonyl (C=O) groups excluding carboxylic acids is 1. The van der Waals surface area contributed by atoms with Crippen LogP contribution in [0.1, 0.15) is 18.9 Å². The van der Waals surface area contributed by atoms with E-state index in [1.54, 1.807) is 7.11 Å². The van der Waals surface area contributed by atoms with Crippen molar-refractivity contribution in [2.24, 2.45) is 5.92 Å². The van der Waals surface area contributed by atoms with E-state index in [0.29, 0.717) is 0 Å². The summed E-state index contributed by atoms with van der Waals surface area (Å²) in [5, 5.41) is 2.93. The molecular weight excluding hydrogens is 190 g/mol. The topological polar surface area (TPSA) is 38.3 Å². The number of nitrogens with one attached hydrogen (secondary N) is 1. The molecule has 0 saturated heterocycles. The molecule has 1 heterocycles. The Labute approximate surface area is 89.4 Å². The van der Waals surface area contributed by atoms with E-state index in [1.165, 1.54) is 0 Å². The molecule has 1 atom stereocenters. The van der Waals surface area contributed by atoms with Gasteiger partial charge in [-0.05, 0) is 36.6 Å². The van der Waals surface area contributed by atoms with Crippen molar-refractivity contribution in [1.29, 1.82) is 0 Å². The normalized spacial score (nSPS) is 20.1. The van der Waals surface area contributed by atoms with E-state index in [0.717, 1.165) is 29.8 Å². The van der Waals surface area contributed by atoms with Crippen LogP contribution in [0, 0.1) is 5.92 Å². The molecule has 2 rings (SSSR count). The second kappa shape index (κ2) is 3.93. The maximum Gasteiger partial charge on any atom is 0.227 e. The van der Waals surface area contributed by atoms with Gasteiger partial charge in [-0.1, -0.05) is 6.92 Å². The number of amides is 1. The van der Waals surface area contributed by atoms with Gasteiger partial charge in [-0.25, -0.2) is 0 Å². The third-order valence-electron chi connectivity index (χ3n) is 2.86. The van der Waals surface area contributed by atoms with Gasteiger partial charge in [0.15, 0.2) is 0 Å². The lowest BCUT2D eigenvalue weighted by Gasteiger charge is -2.08. The minimum Gasteiger partial charge on any atom is -0.497 e. The summed E-state index contributed by atoms with van der Waals surface area (Å²) in [6.07, 6.45) is 1.82. The Morgan fingerprint density at radius 3 is 3.00 bits per heavy atom. The van der Waals surface area contributed by atoms with Crippen molar-refractivity contribution >= 4 is 11.6 Å². The Balaban J connectivity index is 2.34. The zero-order valence-corrected chi connectivity index (χ0v) is 9.04. The van der Waals surface area contributed by atoms with Gasteiger partial charge in [0.2, 0.25) is 5.91 Å². The van der Waals surface area contributed by atoms with Crippen LogP contribution in [0.4, 0.5) is 5.69 Å². The number of hydrogen-bond acceptors (Lipinski definition) is 2. The molecule has 0 aromatic heterocycles. The van der Waals surface area contributed by atoms with Gasteiger partial charge in [-0.3, -0.25) is 4.79 Å². The van der Waals surface area contributed by atoms with Gasteiger partial charge in [0.05, 0.1) is 7.11 Å². The molecule has 0 radical (unpaired) electrons. The molecular formula is C12H15NO2. The summed E-state index contributed by atoms with van der Waals surface area (Å²) in [6, 6.07) is 5.77. The molecule has 15 heavy (non-hydrogen) atoms. The highest BCUT2D eigenvalue weighted by atomic mass is 16.5. The number of methoxy groups -OCH3 is 1. The third kappa shape index (κ3) is 1.96. The quantitative estimate of drug-likeness (QED) is 0.763. The van der Waals surface area contributed by atoms with E-state index in [1.807, 2.05) is 25.1 Å². The maximum atomic E-state index is 11.6. The van der Waals surface area contributed by atoms with E-state index >= 15 is 0 Å². The summed E-state index contributed by atoms with van der Waals surface area (Å²) >= 11 is 0. The largest absolute Gasteiger partial charge is 0.497 e. The molecule has 0 spiro atoms. The average Bonchev–Trinajstić information content (AvgIpc) is 2.39. The molecule has 0 bridgehead atoms. The molecule has 1 aliphatic rings. The molecule has 1 unspecified atom stereocenters. The lowest BCUT2D eigenvalue weighted by molar-refractivity contribution is -0.119. The molecule has 0 aliphatic carbocycles. The number of carbonyl (C=O) groups is 1. The Bertz CT molecular complexity index is 387. The molecule has 80 valence electrons. The minimum atomic E-state index is 0.0865. The van der Waals surface area contributed by atoms with Gasteiger partial charge in [-0.15, -0.1) is 0 Å². The third-order valence-corrected chi connectivity index (χ3v) is 2.86. The summed E-state index contributed by atoms with van der Waals surface area (Å²) in [7, 11) is 1.65. The number of fused-ring (bicyclic) bond motifs is 1. The van der Waals surface area contributed by atoms with E-state index in [2.05, 4.69) is 5.32 Å². The summed E-state index contributed by atoms with van der Waals surface area (Å²) in [4.78, 5) is 11.6. The average molecular weight is 205 g/mol. The molecule has 1 amide bonds. The fourth-order valence-electron chi connectivity index (χ4n) is 1.78. The molecule has 0 fully saturated rings. The van der Waals surface area contributed by atoms with Crippen LogP contribution in [0.2, 0.25) is 0 Å². The van der Waals surface area contributed by atoms with Crippen molar-refractivity contribution in [2.45, 2.75) is 19.8 Å².